The second-order valence-electron chi connectivity index (χ2n) is 12.5. The lowest BCUT2D eigenvalue weighted by molar-refractivity contribution is -0.152. The van der Waals surface area contributed by atoms with Gasteiger partial charge in [-0.2, -0.15) is 0 Å². The second-order valence-corrected chi connectivity index (χ2v) is 12.5. The fraction of sp³-hybridized carbons (Fsp3) is 0.333. The lowest BCUT2D eigenvalue weighted by atomic mass is 9.76. The van der Waals surface area contributed by atoms with Crippen LogP contribution in [0.5, 0.6) is 0 Å². The Balaban J connectivity index is 1.61. The highest BCUT2D eigenvalue weighted by atomic mass is 16.5. The Morgan fingerprint density at radius 1 is 0.682 bits per heavy atom. The third-order valence-corrected chi connectivity index (χ3v) is 7.75. The molecule has 1 N–H and O–H groups in total. The van der Waals surface area contributed by atoms with Crippen LogP contribution in [-0.4, -0.2) is 24.1 Å². The molecule has 4 rings (SSSR count). The third kappa shape index (κ3) is 9.14. The third-order valence-electron chi connectivity index (χ3n) is 7.75. The number of esters is 1. The summed E-state index contributed by atoms with van der Waals surface area (Å²) in [4.78, 5) is 27.6. The van der Waals surface area contributed by atoms with Gasteiger partial charge in [-0.3, -0.25) is 9.59 Å². The van der Waals surface area contributed by atoms with E-state index in [1.807, 2.05) is 142 Å². The number of benzene rings is 4. The molecule has 0 spiro atoms. The van der Waals surface area contributed by atoms with Crippen LogP contribution in [0.2, 0.25) is 0 Å². The number of carbonyl (C=O) groups excluding carboxylic acids is 2. The molecule has 2 atom stereocenters. The molecule has 0 saturated carbocycles. The van der Waals surface area contributed by atoms with Crippen LogP contribution < -0.4 is 5.32 Å². The Labute approximate surface area is 262 Å². The predicted molar refractivity (Wildman–Crippen MR) is 176 cm³/mol. The van der Waals surface area contributed by atoms with Crippen molar-refractivity contribution in [1.82, 2.24) is 5.32 Å². The average molecular weight is 592 g/mol. The summed E-state index contributed by atoms with van der Waals surface area (Å²) in [6.07, 6.45) is 1.26. The molecule has 0 aliphatic heterocycles. The van der Waals surface area contributed by atoms with E-state index in [9.17, 15) is 9.59 Å². The van der Waals surface area contributed by atoms with Crippen LogP contribution in [0.4, 0.5) is 0 Å². The van der Waals surface area contributed by atoms with Gasteiger partial charge >= 0.3 is 5.97 Å². The highest BCUT2D eigenvalue weighted by molar-refractivity contribution is 5.84. The van der Waals surface area contributed by atoms with E-state index in [2.05, 4.69) is 12.2 Å². The van der Waals surface area contributed by atoms with Crippen molar-refractivity contribution < 1.29 is 19.1 Å². The zero-order chi connectivity index (χ0) is 31.4. The first-order chi connectivity index (χ1) is 21.2. The van der Waals surface area contributed by atoms with Crippen LogP contribution in [0.3, 0.4) is 0 Å². The summed E-state index contributed by atoms with van der Waals surface area (Å²) in [5.41, 5.74) is 2.52. The van der Waals surface area contributed by atoms with Gasteiger partial charge in [-0.1, -0.05) is 128 Å². The minimum atomic E-state index is -0.951. The Kier molecular flexibility index (Phi) is 11.5. The molecule has 4 aromatic rings. The van der Waals surface area contributed by atoms with Gasteiger partial charge in [0.25, 0.3) is 0 Å². The Bertz CT molecular complexity index is 1340. The minimum Gasteiger partial charge on any atom is -0.461 e. The van der Waals surface area contributed by atoms with Gasteiger partial charge in [0.1, 0.15) is 12.1 Å². The predicted octanol–water partition coefficient (Wildman–Crippen LogP) is 8.08. The van der Waals surface area contributed by atoms with Crippen molar-refractivity contribution >= 4 is 11.9 Å². The average Bonchev–Trinajstić information content (AvgIpc) is 3.05. The molecule has 5 heteroatoms. The summed E-state index contributed by atoms with van der Waals surface area (Å²) >= 11 is 0. The van der Waals surface area contributed by atoms with E-state index in [1.54, 1.807) is 0 Å². The molecule has 0 saturated heterocycles. The summed E-state index contributed by atoms with van der Waals surface area (Å²) < 4.78 is 11.8. The van der Waals surface area contributed by atoms with Crippen molar-refractivity contribution in [3.8, 4) is 0 Å². The molecule has 4 aromatic carbocycles. The number of carbonyl (C=O) groups is 2. The summed E-state index contributed by atoms with van der Waals surface area (Å²) in [6, 6.07) is 39.6. The number of ether oxygens (including phenoxy) is 2. The molecular weight excluding hydrogens is 546 g/mol. The topological polar surface area (TPSA) is 64.6 Å². The normalized spacial score (nSPS) is 13.1. The van der Waals surface area contributed by atoms with Crippen molar-refractivity contribution in [2.45, 2.75) is 64.7 Å². The lowest BCUT2D eigenvalue weighted by Gasteiger charge is -2.37. The number of hydrogen-bond donors (Lipinski definition) is 1. The van der Waals surface area contributed by atoms with Gasteiger partial charge in [-0.25, -0.2) is 0 Å². The maximum atomic E-state index is 14.1. The van der Waals surface area contributed by atoms with Crippen molar-refractivity contribution in [2.24, 2.45) is 11.8 Å². The fourth-order valence-corrected chi connectivity index (χ4v) is 5.38. The molecule has 5 nitrogen and oxygen atoms in total. The number of amides is 1. The first-order valence-corrected chi connectivity index (χ1v) is 15.5. The highest BCUT2D eigenvalue weighted by Crippen LogP contribution is 2.37. The quantitative estimate of drug-likeness (QED) is 0.119. The van der Waals surface area contributed by atoms with Gasteiger partial charge in [-0.15, -0.1) is 0 Å². The Hall–Kier alpha value is -4.22. The number of hydrogen-bond acceptors (Lipinski definition) is 4. The van der Waals surface area contributed by atoms with Gasteiger partial charge in [0.05, 0.1) is 11.5 Å². The molecular formula is C39H45NO4. The molecule has 1 amide bonds. The van der Waals surface area contributed by atoms with Crippen LogP contribution in [-0.2, 0) is 31.2 Å². The van der Waals surface area contributed by atoms with Crippen molar-refractivity contribution in [3.05, 3.63) is 144 Å². The lowest BCUT2D eigenvalue weighted by Crippen LogP contribution is -2.48. The summed E-state index contributed by atoms with van der Waals surface area (Å²) in [5, 5.41) is 3.40. The van der Waals surface area contributed by atoms with E-state index in [-0.39, 0.29) is 36.4 Å². The molecule has 0 aliphatic rings. The minimum absolute atomic E-state index is 0.00865. The molecule has 0 unspecified atom stereocenters. The smallest absolute Gasteiger partial charge is 0.309 e. The van der Waals surface area contributed by atoms with Gasteiger partial charge in [-0.05, 0) is 61.8 Å². The first kappa shape index (κ1) is 32.7. The molecule has 0 radical (unpaired) electrons. The van der Waals surface area contributed by atoms with Crippen LogP contribution in [0.25, 0.3) is 0 Å². The number of rotatable bonds is 14. The van der Waals surface area contributed by atoms with Gasteiger partial charge in [0.2, 0.25) is 5.91 Å². The zero-order valence-corrected chi connectivity index (χ0v) is 26.4. The molecule has 0 aromatic heterocycles. The number of nitrogens with one attached hydrogen (secondary N) is 1. The van der Waals surface area contributed by atoms with Crippen LogP contribution in [0, 0.1) is 11.8 Å². The zero-order valence-electron chi connectivity index (χ0n) is 26.4. The molecule has 0 fully saturated rings. The van der Waals surface area contributed by atoms with E-state index in [4.69, 9.17) is 9.47 Å². The van der Waals surface area contributed by atoms with Crippen molar-refractivity contribution in [2.75, 3.05) is 6.61 Å². The van der Waals surface area contributed by atoms with Crippen molar-refractivity contribution in [3.63, 3.8) is 0 Å². The van der Waals surface area contributed by atoms with Crippen LogP contribution >= 0.6 is 0 Å². The van der Waals surface area contributed by atoms with Gasteiger partial charge < -0.3 is 14.8 Å². The summed E-state index contributed by atoms with van der Waals surface area (Å²) in [6.45, 7) is 8.97. The molecule has 44 heavy (non-hydrogen) atoms. The highest BCUT2D eigenvalue weighted by Gasteiger charge is 2.38. The van der Waals surface area contributed by atoms with E-state index in [0.29, 0.717) is 13.0 Å². The van der Waals surface area contributed by atoms with E-state index < -0.39 is 11.5 Å². The van der Waals surface area contributed by atoms with E-state index in [1.165, 1.54) is 0 Å². The fourth-order valence-electron chi connectivity index (χ4n) is 5.38. The van der Waals surface area contributed by atoms with E-state index >= 15 is 0 Å². The maximum absolute atomic E-state index is 14.1. The first-order valence-electron chi connectivity index (χ1n) is 15.5. The molecule has 0 aliphatic carbocycles. The second kappa shape index (κ2) is 15.5. The molecule has 0 heterocycles. The maximum Gasteiger partial charge on any atom is 0.309 e. The van der Waals surface area contributed by atoms with Gasteiger partial charge in [0, 0.05) is 13.0 Å². The summed E-state index contributed by atoms with van der Waals surface area (Å²) in [5.74, 6) is -0.964. The van der Waals surface area contributed by atoms with E-state index in [0.717, 1.165) is 28.7 Å². The van der Waals surface area contributed by atoms with Crippen LogP contribution in [0.15, 0.2) is 121 Å². The Morgan fingerprint density at radius 2 is 1.14 bits per heavy atom. The molecule has 0 bridgehead atoms. The summed E-state index contributed by atoms with van der Waals surface area (Å²) in [7, 11) is 0. The van der Waals surface area contributed by atoms with Crippen LogP contribution in [0.1, 0.15) is 69.2 Å². The van der Waals surface area contributed by atoms with Crippen molar-refractivity contribution in [1.29, 1.82) is 0 Å². The SMILES string of the molecule is C[C@H](CC[C@@H](CC(=O)NC(c1ccccc1)(c1ccccc1)c1ccccc1)C(=O)OCc1ccccc1)COC(C)(C)C. The van der Waals surface area contributed by atoms with Gasteiger partial charge in [0.15, 0.2) is 0 Å². The Morgan fingerprint density at radius 3 is 1.59 bits per heavy atom. The molecule has 230 valence electrons. The monoisotopic (exact) mass is 591 g/mol. The largest absolute Gasteiger partial charge is 0.461 e. The standard InChI is InChI=1S/C39H45NO4/c1-30(28-44-38(2,3)4)25-26-32(37(42)43-29-31-17-9-5-10-18-31)27-36(41)40-39(33-19-11-6-12-20-33,34-21-13-7-14-22-34)35-23-15-8-16-24-35/h5-24,30,32H,25-29H2,1-4H3,(H,40,41)/t30-,32+/m1/s1.